The number of nitrogens with one attached hydrogen (secondary N) is 1. The Morgan fingerprint density at radius 2 is 2.37 bits per heavy atom. The molecule has 0 saturated carbocycles. The van der Waals surface area contributed by atoms with E-state index in [0.29, 0.717) is 0 Å². The number of rotatable bonds is 8. The lowest BCUT2D eigenvalue weighted by molar-refractivity contribution is 0.318. The molecule has 0 fully saturated rings. The van der Waals surface area contributed by atoms with Crippen molar-refractivity contribution in [3.63, 3.8) is 0 Å². The highest BCUT2D eigenvalue weighted by molar-refractivity contribution is 7.99. The molecule has 0 aromatic heterocycles. The van der Waals surface area contributed by atoms with Gasteiger partial charge in [0.05, 0.1) is 0 Å². The highest BCUT2D eigenvalue weighted by Crippen LogP contribution is 2.11. The van der Waals surface area contributed by atoms with Crippen LogP contribution in [0.4, 0.5) is 0 Å². The molecule has 0 aliphatic carbocycles. The van der Waals surface area contributed by atoms with Crippen molar-refractivity contribution in [1.82, 2.24) is 5.32 Å². The van der Waals surface area contributed by atoms with E-state index in [9.17, 15) is 0 Å². The second-order valence-electron chi connectivity index (χ2n) is 4.17. The number of thioether (sulfide) groups is 1. The minimum atomic E-state index is 0.142. The Balaban J connectivity index is 2.44. The molecule has 0 aliphatic heterocycles. The number of benzene rings is 1. The SMILES string of the molecule is C=CCSCCNCc1ccc(/C(N)=N/O)cc1C. The van der Waals surface area contributed by atoms with Crippen LogP contribution in [0.3, 0.4) is 0 Å². The summed E-state index contributed by atoms with van der Waals surface area (Å²) in [6, 6.07) is 5.80. The van der Waals surface area contributed by atoms with Crippen molar-refractivity contribution >= 4 is 17.6 Å². The van der Waals surface area contributed by atoms with E-state index in [1.807, 2.05) is 43.0 Å². The molecule has 0 bridgehead atoms. The normalized spacial score (nSPS) is 11.5. The Kier molecular flexibility index (Phi) is 7.07. The van der Waals surface area contributed by atoms with Gasteiger partial charge in [-0.3, -0.25) is 0 Å². The molecule has 0 atom stereocenters. The molecule has 0 spiro atoms. The Morgan fingerprint density at radius 1 is 1.58 bits per heavy atom. The third kappa shape index (κ3) is 5.36. The van der Waals surface area contributed by atoms with Crippen LogP contribution in [-0.2, 0) is 6.54 Å². The van der Waals surface area contributed by atoms with Gasteiger partial charge in [0.2, 0.25) is 0 Å². The average molecular weight is 279 g/mol. The second kappa shape index (κ2) is 8.61. The predicted molar refractivity (Wildman–Crippen MR) is 82.9 cm³/mol. The molecule has 0 heterocycles. The summed E-state index contributed by atoms with van der Waals surface area (Å²) >= 11 is 1.86. The van der Waals surface area contributed by atoms with Crippen LogP contribution >= 0.6 is 11.8 Å². The summed E-state index contributed by atoms with van der Waals surface area (Å²) in [5.74, 6) is 2.21. The maximum absolute atomic E-state index is 8.63. The highest BCUT2D eigenvalue weighted by Gasteiger charge is 2.03. The van der Waals surface area contributed by atoms with Crippen molar-refractivity contribution in [2.24, 2.45) is 10.9 Å². The van der Waals surface area contributed by atoms with E-state index >= 15 is 0 Å². The van der Waals surface area contributed by atoms with E-state index in [1.165, 1.54) is 5.56 Å². The smallest absolute Gasteiger partial charge is 0.170 e. The van der Waals surface area contributed by atoms with Gasteiger partial charge in [0.25, 0.3) is 0 Å². The van der Waals surface area contributed by atoms with Crippen molar-refractivity contribution in [1.29, 1.82) is 0 Å². The molecular formula is C14H21N3OS. The maximum Gasteiger partial charge on any atom is 0.170 e. The summed E-state index contributed by atoms with van der Waals surface area (Å²) in [6.45, 7) is 7.52. The first-order valence-corrected chi connectivity index (χ1v) is 7.31. The Hall–Kier alpha value is -1.46. The highest BCUT2D eigenvalue weighted by atomic mass is 32.2. The van der Waals surface area contributed by atoms with Crippen molar-refractivity contribution in [2.45, 2.75) is 13.5 Å². The van der Waals surface area contributed by atoms with Gasteiger partial charge in [-0.05, 0) is 24.1 Å². The molecule has 104 valence electrons. The molecule has 4 N–H and O–H groups in total. The van der Waals surface area contributed by atoms with Crippen LogP contribution in [0.5, 0.6) is 0 Å². The van der Waals surface area contributed by atoms with Gasteiger partial charge in [0.15, 0.2) is 5.84 Å². The van der Waals surface area contributed by atoms with Crippen molar-refractivity contribution in [2.75, 3.05) is 18.1 Å². The number of aryl methyl sites for hydroxylation is 1. The van der Waals surface area contributed by atoms with Crippen LogP contribution in [0.1, 0.15) is 16.7 Å². The Bertz CT molecular complexity index is 446. The van der Waals surface area contributed by atoms with E-state index in [0.717, 1.165) is 35.7 Å². The molecule has 0 radical (unpaired) electrons. The van der Waals surface area contributed by atoms with Crippen molar-refractivity contribution < 1.29 is 5.21 Å². The fourth-order valence-electron chi connectivity index (χ4n) is 1.65. The first-order valence-electron chi connectivity index (χ1n) is 6.15. The second-order valence-corrected chi connectivity index (χ2v) is 5.32. The monoisotopic (exact) mass is 279 g/mol. The Labute approximate surface area is 118 Å². The van der Waals surface area contributed by atoms with Gasteiger partial charge in [-0.15, -0.1) is 6.58 Å². The first-order chi connectivity index (χ1) is 9.19. The molecule has 0 saturated heterocycles. The molecule has 0 amide bonds. The third-order valence-corrected chi connectivity index (χ3v) is 3.68. The fourth-order valence-corrected chi connectivity index (χ4v) is 2.27. The minimum Gasteiger partial charge on any atom is -0.409 e. The quantitative estimate of drug-likeness (QED) is 0.170. The zero-order valence-corrected chi connectivity index (χ0v) is 12.0. The number of nitrogens with zero attached hydrogens (tertiary/aromatic N) is 1. The molecule has 5 heteroatoms. The van der Waals surface area contributed by atoms with Crippen LogP contribution < -0.4 is 11.1 Å². The zero-order valence-electron chi connectivity index (χ0n) is 11.2. The zero-order chi connectivity index (χ0) is 14.1. The summed E-state index contributed by atoms with van der Waals surface area (Å²) in [7, 11) is 0. The number of hydrogen-bond donors (Lipinski definition) is 3. The lowest BCUT2D eigenvalue weighted by Gasteiger charge is -2.09. The molecule has 1 rings (SSSR count). The van der Waals surface area contributed by atoms with Crippen LogP contribution in [0.2, 0.25) is 0 Å². The number of amidine groups is 1. The number of nitrogens with two attached hydrogens (primary N) is 1. The van der Waals surface area contributed by atoms with E-state index in [-0.39, 0.29) is 5.84 Å². The van der Waals surface area contributed by atoms with Crippen LogP contribution in [-0.4, -0.2) is 29.1 Å². The molecular weight excluding hydrogens is 258 g/mol. The average Bonchev–Trinajstić information content (AvgIpc) is 2.43. The summed E-state index contributed by atoms with van der Waals surface area (Å²) in [6.07, 6.45) is 1.92. The predicted octanol–water partition coefficient (Wildman–Crippen LogP) is 2.10. The Morgan fingerprint density at radius 3 is 3.00 bits per heavy atom. The van der Waals surface area contributed by atoms with Gasteiger partial charge in [0, 0.05) is 30.2 Å². The summed E-state index contributed by atoms with van der Waals surface area (Å²) in [5.41, 5.74) is 8.66. The van der Waals surface area contributed by atoms with Gasteiger partial charge in [0.1, 0.15) is 0 Å². The van der Waals surface area contributed by atoms with Crippen LogP contribution in [0.25, 0.3) is 0 Å². The maximum atomic E-state index is 8.63. The van der Waals surface area contributed by atoms with E-state index in [2.05, 4.69) is 17.1 Å². The number of oxime groups is 1. The summed E-state index contributed by atoms with van der Waals surface area (Å²) in [5, 5.41) is 15.0. The van der Waals surface area contributed by atoms with Gasteiger partial charge in [-0.1, -0.05) is 23.4 Å². The minimum absolute atomic E-state index is 0.142. The molecule has 4 nitrogen and oxygen atoms in total. The van der Waals surface area contributed by atoms with E-state index in [1.54, 1.807) is 0 Å². The van der Waals surface area contributed by atoms with E-state index in [4.69, 9.17) is 10.9 Å². The lowest BCUT2D eigenvalue weighted by atomic mass is 10.0. The first kappa shape index (κ1) is 15.6. The molecule has 0 unspecified atom stereocenters. The molecule has 1 aromatic rings. The molecule has 1 aromatic carbocycles. The fraction of sp³-hybridized carbons (Fsp3) is 0.357. The van der Waals surface area contributed by atoms with Crippen LogP contribution in [0, 0.1) is 6.92 Å². The lowest BCUT2D eigenvalue weighted by Crippen LogP contribution is -2.18. The molecule has 0 aliphatic rings. The van der Waals surface area contributed by atoms with Gasteiger partial charge in [-0.2, -0.15) is 11.8 Å². The largest absolute Gasteiger partial charge is 0.409 e. The third-order valence-electron chi connectivity index (χ3n) is 2.72. The van der Waals surface area contributed by atoms with Crippen LogP contribution in [0.15, 0.2) is 36.0 Å². The topological polar surface area (TPSA) is 70.6 Å². The summed E-state index contributed by atoms with van der Waals surface area (Å²) < 4.78 is 0. The van der Waals surface area contributed by atoms with Gasteiger partial charge < -0.3 is 16.3 Å². The van der Waals surface area contributed by atoms with Gasteiger partial charge >= 0.3 is 0 Å². The van der Waals surface area contributed by atoms with Gasteiger partial charge in [-0.25, -0.2) is 0 Å². The molecule has 19 heavy (non-hydrogen) atoms. The number of hydrogen-bond acceptors (Lipinski definition) is 4. The van der Waals surface area contributed by atoms with Crippen molar-refractivity contribution in [3.8, 4) is 0 Å². The summed E-state index contributed by atoms with van der Waals surface area (Å²) in [4.78, 5) is 0. The van der Waals surface area contributed by atoms with Crippen molar-refractivity contribution in [3.05, 3.63) is 47.5 Å². The van der Waals surface area contributed by atoms with E-state index < -0.39 is 0 Å². The standard InChI is InChI=1S/C14H21N3OS/c1-3-7-19-8-6-16-10-13-5-4-12(9-11(13)2)14(15)17-18/h3-5,9,16,18H,1,6-8,10H2,2H3,(H2,15,17).